The third-order valence-electron chi connectivity index (χ3n) is 2.19. The highest BCUT2D eigenvalue weighted by molar-refractivity contribution is 5.43. The molecule has 0 saturated heterocycles. The zero-order valence-electron chi connectivity index (χ0n) is 8.96. The second-order valence-corrected chi connectivity index (χ2v) is 3.50. The van der Waals surface area contributed by atoms with Gasteiger partial charge in [0.05, 0.1) is 24.0 Å². The van der Waals surface area contributed by atoms with E-state index in [0.717, 1.165) is 0 Å². The lowest BCUT2D eigenvalue weighted by molar-refractivity contribution is -0.132. The fraction of sp³-hybridized carbons (Fsp3) is 0.500. The maximum Gasteiger partial charge on any atom is 0.390 e. The van der Waals surface area contributed by atoms with Crippen molar-refractivity contribution in [2.45, 2.75) is 19.1 Å². The lowest BCUT2D eigenvalue weighted by Gasteiger charge is -2.19. The molecule has 0 radical (unpaired) electrons. The van der Waals surface area contributed by atoms with Gasteiger partial charge in [0.1, 0.15) is 0 Å². The van der Waals surface area contributed by atoms with Crippen molar-refractivity contribution in [3.05, 3.63) is 24.0 Å². The molecule has 1 aromatic rings. The van der Waals surface area contributed by atoms with Crippen LogP contribution in [0.5, 0.6) is 0 Å². The van der Waals surface area contributed by atoms with Crippen molar-refractivity contribution in [1.82, 2.24) is 4.98 Å². The van der Waals surface area contributed by atoms with Crippen LogP contribution in [0, 0.1) is 0 Å². The lowest BCUT2D eigenvalue weighted by atomic mass is 10.3. The molecule has 1 aromatic heterocycles. The summed E-state index contributed by atoms with van der Waals surface area (Å²) in [5, 5.41) is 0. The molecule has 0 aliphatic rings. The molecule has 1 rings (SSSR count). The minimum Gasteiger partial charge on any atom is -0.373 e. The summed E-state index contributed by atoms with van der Waals surface area (Å²) < 4.78 is 36.0. The summed E-state index contributed by atoms with van der Waals surface area (Å²) in [6, 6.07) is 3.42. The Hall–Kier alpha value is -1.30. The lowest BCUT2D eigenvalue weighted by Crippen LogP contribution is -2.24. The fourth-order valence-corrected chi connectivity index (χ4v) is 1.19. The molecular weight excluding hydrogens is 219 g/mol. The molecule has 3 nitrogen and oxygen atoms in total. The zero-order chi connectivity index (χ0) is 12.2. The number of alkyl halides is 3. The number of nitrogens with two attached hydrogens (primary N) is 1. The molecule has 0 aliphatic carbocycles. The van der Waals surface area contributed by atoms with E-state index in [1.165, 1.54) is 11.1 Å². The Morgan fingerprint density at radius 3 is 2.50 bits per heavy atom. The van der Waals surface area contributed by atoms with E-state index in [-0.39, 0.29) is 6.54 Å². The summed E-state index contributed by atoms with van der Waals surface area (Å²) in [4.78, 5) is 5.53. The van der Waals surface area contributed by atoms with E-state index >= 15 is 0 Å². The Balaban J connectivity index is 2.56. The van der Waals surface area contributed by atoms with Crippen LogP contribution in [0.2, 0.25) is 0 Å². The molecule has 1 heterocycles. The van der Waals surface area contributed by atoms with Crippen LogP contribution in [0.4, 0.5) is 18.9 Å². The van der Waals surface area contributed by atoms with Crippen LogP contribution in [-0.2, 0) is 6.54 Å². The van der Waals surface area contributed by atoms with Crippen molar-refractivity contribution in [3.8, 4) is 0 Å². The molecule has 0 spiro atoms. The van der Waals surface area contributed by atoms with Gasteiger partial charge in [-0.15, -0.1) is 0 Å². The van der Waals surface area contributed by atoms with Gasteiger partial charge in [-0.05, 0) is 12.1 Å². The van der Waals surface area contributed by atoms with E-state index in [0.29, 0.717) is 17.9 Å². The van der Waals surface area contributed by atoms with Gasteiger partial charge >= 0.3 is 6.18 Å². The van der Waals surface area contributed by atoms with Crippen molar-refractivity contribution in [2.24, 2.45) is 5.73 Å². The largest absolute Gasteiger partial charge is 0.390 e. The second kappa shape index (κ2) is 5.16. The van der Waals surface area contributed by atoms with Gasteiger partial charge in [0.25, 0.3) is 0 Å². The number of hydrogen-bond donors (Lipinski definition) is 1. The normalized spacial score (nSPS) is 11.6. The number of halogens is 3. The number of rotatable bonds is 4. The quantitative estimate of drug-likeness (QED) is 0.864. The molecule has 0 atom stereocenters. The summed E-state index contributed by atoms with van der Waals surface area (Å²) in [6.07, 6.45) is -3.43. The van der Waals surface area contributed by atoms with Crippen molar-refractivity contribution in [1.29, 1.82) is 0 Å². The van der Waals surface area contributed by atoms with Crippen LogP contribution in [0.25, 0.3) is 0 Å². The Labute approximate surface area is 92.1 Å². The standard InChI is InChI=1S/C10H14F3N3/c1-16(5-4-10(11,12)13)9-3-2-8(6-14)15-7-9/h2-3,7H,4-6,14H2,1H3. The fourth-order valence-electron chi connectivity index (χ4n) is 1.19. The van der Waals surface area contributed by atoms with Gasteiger partial charge in [-0.2, -0.15) is 13.2 Å². The molecule has 0 unspecified atom stereocenters. The second-order valence-electron chi connectivity index (χ2n) is 3.50. The summed E-state index contributed by atoms with van der Waals surface area (Å²) in [7, 11) is 1.60. The monoisotopic (exact) mass is 233 g/mol. The first kappa shape index (κ1) is 12.8. The number of aromatic nitrogens is 1. The Kier molecular flexibility index (Phi) is 4.12. The summed E-state index contributed by atoms with van der Waals surface area (Å²) >= 11 is 0. The SMILES string of the molecule is CN(CCC(F)(F)F)c1ccc(CN)nc1. The first-order chi connectivity index (χ1) is 7.42. The third-order valence-corrected chi connectivity index (χ3v) is 2.19. The highest BCUT2D eigenvalue weighted by Gasteiger charge is 2.27. The average molecular weight is 233 g/mol. The molecule has 0 bridgehead atoms. The van der Waals surface area contributed by atoms with E-state index in [9.17, 15) is 13.2 Å². The van der Waals surface area contributed by atoms with Gasteiger partial charge < -0.3 is 10.6 Å². The first-order valence-electron chi connectivity index (χ1n) is 4.85. The maximum absolute atomic E-state index is 12.0. The minimum absolute atomic E-state index is 0.0762. The van der Waals surface area contributed by atoms with Crippen LogP contribution in [0.3, 0.4) is 0 Å². The van der Waals surface area contributed by atoms with Crippen LogP contribution >= 0.6 is 0 Å². The van der Waals surface area contributed by atoms with Crippen molar-refractivity contribution >= 4 is 5.69 Å². The van der Waals surface area contributed by atoms with Crippen LogP contribution in [0.1, 0.15) is 12.1 Å². The summed E-state index contributed by atoms with van der Waals surface area (Å²) in [5.74, 6) is 0. The Bertz CT molecular complexity index is 321. The number of hydrogen-bond acceptors (Lipinski definition) is 3. The van der Waals surface area contributed by atoms with Crippen LogP contribution in [-0.4, -0.2) is 24.8 Å². The number of pyridine rings is 1. The van der Waals surface area contributed by atoms with Gasteiger partial charge in [-0.1, -0.05) is 0 Å². The van der Waals surface area contributed by atoms with Gasteiger partial charge in [-0.25, -0.2) is 0 Å². The van der Waals surface area contributed by atoms with E-state index in [4.69, 9.17) is 5.73 Å². The van der Waals surface area contributed by atoms with E-state index < -0.39 is 12.6 Å². The predicted octanol–water partition coefficient (Wildman–Crippen LogP) is 1.93. The zero-order valence-corrected chi connectivity index (χ0v) is 8.96. The third kappa shape index (κ3) is 4.06. The Morgan fingerprint density at radius 2 is 2.06 bits per heavy atom. The van der Waals surface area contributed by atoms with Gasteiger partial charge in [0.15, 0.2) is 0 Å². The van der Waals surface area contributed by atoms with Crippen molar-refractivity contribution < 1.29 is 13.2 Å². The highest BCUT2D eigenvalue weighted by atomic mass is 19.4. The van der Waals surface area contributed by atoms with Crippen LogP contribution < -0.4 is 10.6 Å². The van der Waals surface area contributed by atoms with Gasteiger partial charge in [0.2, 0.25) is 0 Å². The molecule has 16 heavy (non-hydrogen) atoms. The average Bonchev–Trinajstić information content (AvgIpc) is 2.25. The molecule has 0 fully saturated rings. The van der Waals surface area contributed by atoms with E-state index in [1.54, 1.807) is 19.2 Å². The highest BCUT2D eigenvalue weighted by Crippen LogP contribution is 2.21. The molecule has 0 aromatic carbocycles. The minimum atomic E-state index is -4.13. The first-order valence-corrected chi connectivity index (χ1v) is 4.85. The molecule has 0 aliphatic heterocycles. The van der Waals surface area contributed by atoms with E-state index in [2.05, 4.69) is 4.98 Å². The maximum atomic E-state index is 12.0. The topological polar surface area (TPSA) is 42.1 Å². The molecule has 6 heteroatoms. The molecular formula is C10H14F3N3. The molecule has 0 amide bonds. The van der Waals surface area contributed by atoms with E-state index in [1.807, 2.05) is 0 Å². The number of nitrogens with zero attached hydrogens (tertiary/aromatic N) is 2. The smallest absolute Gasteiger partial charge is 0.373 e. The molecule has 90 valence electrons. The molecule has 0 saturated carbocycles. The van der Waals surface area contributed by atoms with Gasteiger partial charge in [-0.3, -0.25) is 4.98 Å². The van der Waals surface area contributed by atoms with Gasteiger partial charge in [0, 0.05) is 20.1 Å². The Morgan fingerprint density at radius 1 is 1.38 bits per heavy atom. The summed E-state index contributed by atoms with van der Waals surface area (Å²) in [6.45, 7) is 0.250. The summed E-state index contributed by atoms with van der Waals surface area (Å²) in [5.41, 5.74) is 6.74. The van der Waals surface area contributed by atoms with Crippen molar-refractivity contribution in [2.75, 3.05) is 18.5 Å². The number of anilines is 1. The van der Waals surface area contributed by atoms with Crippen molar-refractivity contribution in [3.63, 3.8) is 0 Å². The predicted molar refractivity (Wildman–Crippen MR) is 56.1 cm³/mol. The van der Waals surface area contributed by atoms with Crippen LogP contribution in [0.15, 0.2) is 18.3 Å². The molecule has 2 N–H and O–H groups in total.